The molecule has 0 rings (SSSR count). The van der Waals surface area contributed by atoms with Gasteiger partial charge < -0.3 is 10.2 Å². The Morgan fingerprint density at radius 3 is 1.80 bits per heavy atom. The van der Waals surface area contributed by atoms with Crippen molar-refractivity contribution in [2.45, 2.75) is 6.92 Å². The Hall–Kier alpha value is -0.554. The molecule has 0 unspecified atom stereocenters. The van der Waals surface area contributed by atoms with E-state index >= 15 is 0 Å². The molecule has 0 aromatic rings. The van der Waals surface area contributed by atoms with Crippen LogP contribution in [0.1, 0.15) is 6.92 Å². The molecule has 0 aliphatic heterocycles. The van der Waals surface area contributed by atoms with Crippen LogP contribution in [-0.2, 0) is 9.59 Å². The summed E-state index contributed by atoms with van der Waals surface area (Å²) < 4.78 is 0. The molecule has 4 nitrogen and oxygen atoms in total. The summed E-state index contributed by atoms with van der Waals surface area (Å²) in [5.74, 6) is -2.45. The Morgan fingerprint density at radius 1 is 1.30 bits per heavy atom. The molecule has 0 fully saturated rings. The van der Waals surface area contributed by atoms with Gasteiger partial charge in [0.25, 0.3) is 0 Å². The molecule has 54 valence electrons. The molecule has 0 bridgehead atoms. The standard InChI is InChI=1S/C5H6O4.Mg.2H/c1-3(5(8)9)2-4(6)7;;;/h2H,1H3,(H,6,7)(H,8,9);;;/b3-2-;;;. The first-order valence-electron chi connectivity index (χ1n) is 2.18. The van der Waals surface area contributed by atoms with E-state index in [0.717, 1.165) is 0 Å². The van der Waals surface area contributed by atoms with Crippen molar-refractivity contribution in [2.75, 3.05) is 0 Å². The molecule has 2 N–H and O–H groups in total. The summed E-state index contributed by atoms with van der Waals surface area (Å²) in [6, 6.07) is 0. The Morgan fingerprint density at radius 2 is 1.70 bits per heavy atom. The van der Waals surface area contributed by atoms with Gasteiger partial charge in [0.15, 0.2) is 0 Å². The highest BCUT2D eigenvalue weighted by Gasteiger charge is 2.00. The van der Waals surface area contributed by atoms with E-state index in [0.29, 0.717) is 6.08 Å². The first kappa shape index (κ1) is 12.2. The van der Waals surface area contributed by atoms with Crippen molar-refractivity contribution in [3.05, 3.63) is 11.6 Å². The predicted molar refractivity (Wildman–Crippen MR) is 37.6 cm³/mol. The second-order valence-corrected chi connectivity index (χ2v) is 1.47. The third-order valence-corrected chi connectivity index (χ3v) is 0.677. The zero-order valence-electron chi connectivity index (χ0n) is 4.79. The van der Waals surface area contributed by atoms with Gasteiger partial charge in [-0.05, 0) is 6.92 Å². The lowest BCUT2D eigenvalue weighted by Crippen LogP contribution is -1.99. The molecular weight excluding hydrogens is 148 g/mol. The Kier molecular flexibility index (Phi) is 6.38. The first-order chi connectivity index (χ1) is 4.04. The second-order valence-electron chi connectivity index (χ2n) is 1.47. The molecule has 10 heavy (non-hydrogen) atoms. The van der Waals surface area contributed by atoms with Crippen molar-refractivity contribution < 1.29 is 19.8 Å². The summed E-state index contributed by atoms with van der Waals surface area (Å²) in [7, 11) is 0. The lowest BCUT2D eigenvalue weighted by molar-refractivity contribution is -0.135. The monoisotopic (exact) mass is 156 g/mol. The van der Waals surface area contributed by atoms with Crippen molar-refractivity contribution in [2.24, 2.45) is 0 Å². The van der Waals surface area contributed by atoms with E-state index in [9.17, 15) is 9.59 Å². The highest BCUT2D eigenvalue weighted by molar-refractivity contribution is 5.93. The van der Waals surface area contributed by atoms with Gasteiger partial charge in [-0.25, -0.2) is 9.59 Å². The van der Waals surface area contributed by atoms with E-state index in [2.05, 4.69) is 0 Å². The summed E-state index contributed by atoms with van der Waals surface area (Å²) in [4.78, 5) is 19.7. The highest BCUT2D eigenvalue weighted by atomic mass is 24.3. The van der Waals surface area contributed by atoms with Crippen LogP contribution in [0.15, 0.2) is 11.6 Å². The average Bonchev–Trinajstić information content (AvgIpc) is 1.63. The molecule has 0 spiro atoms. The molecule has 5 heteroatoms. The van der Waals surface area contributed by atoms with Crippen molar-refractivity contribution >= 4 is 35.0 Å². The van der Waals surface area contributed by atoms with Crippen LogP contribution in [0.2, 0.25) is 0 Å². The van der Waals surface area contributed by atoms with Crippen LogP contribution in [0.3, 0.4) is 0 Å². The fourth-order valence-electron chi connectivity index (χ4n) is 0.247. The minimum atomic E-state index is -1.24. The minimum absolute atomic E-state index is 0. The van der Waals surface area contributed by atoms with Gasteiger partial charge in [-0.15, -0.1) is 0 Å². The summed E-state index contributed by atoms with van der Waals surface area (Å²) in [6.45, 7) is 1.22. The van der Waals surface area contributed by atoms with E-state index in [-0.39, 0.29) is 28.6 Å². The van der Waals surface area contributed by atoms with Gasteiger partial charge in [-0.2, -0.15) is 0 Å². The fraction of sp³-hybridized carbons (Fsp3) is 0.200. The van der Waals surface area contributed by atoms with Crippen molar-refractivity contribution in [1.29, 1.82) is 0 Å². The third-order valence-electron chi connectivity index (χ3n) is 0.677. The van der Waals surface area contributed by atoms with Gasteiger partial charge in [-0.3, -0.25) is 0 Å². The lowest BCUT2D eigenvalue weighted by atomic mass is 10.3. The quantitative estimate of drug-likeness (QED) is 0.405. The van der Waals surface area contributed by atoms with Crippen LogP contribution in [0.25, 0.3) is 0 Å². The normalized spacial score (nSPS) is 9.90. The number of carboxylic acid groups (broad SMARTS) is 2. The van der Waals surface area contributed by atoms with Crippen molar-refractivity contribution in [1.82, 2.24) is 0 Å². The molecule has 0 aromatic heterocycles. The molecule has 0 aliphatic carbocycles. The SMILES string of the molecule is C/C(=C/C(=O)O)C(=O)O.[MgH2]. The van der Waals surface area contributed by atoms with Gasteiger partial charge in [0.05, 0.1) is 0 Å². The fourth-order valence-corrected chi connectivity index (χ4v) is 0.247. The van der Waals surface area contributed by atoms with Crippen LogP contribution in [-0.4, -0.2) is 45.2 Å². The Labute approximate surface area is 73.7 Å². The van der Waals surface area contributed by atoms with Crippen LogP contribution < -0.4 is 0 Å². The zero-order chi connectivity index (χ0) is 7.44. The number of carboxylic acids is 2. The average molecular weight is 156 g/mol. The van der Waals surface area contributed by atoms with Crippen LogP contribution >= 0.6 is 0 Å². The molecule has 0 atom stereocenters. The van der Waals surface area contributed by atoms with Crippen LogP contribution in [0.4, 0.5) is 0 Å². The van der Waals surface area contributed by atoms with Crippen molar-refractivity contribution in [3.63, 3.8) is 0 Å². The highest BCUT2D eigenvalue weighted by Crippen LogP contribution is 1.89. The lowest BCUT2D eigenvalue weighted by Gasteiger charge is -1.86. The first-order valence-corrected chi connectivity index (χ1v) is 2.18. The van der Waals surface area contributed by atoms with E-state index in [1.165, 1.54) is 6.92 Å². The van der Waals surface area contributed by atoms with Gasteiger partial charge in [-0.1, -0.05) is 0 Å². The number of hydrogen-bond donors (Lipinski definition) is 2. The molecule has 0 aromatic carbocycles. The van der Waals surface area contributed by atoms with Gasteiger partial charge >= 0.3 is 35.0 Å². The molecule has 0 amide bonds. The molecule has 0 radical (unpaired) electrons. The summed E-state index contributed by atoms with van der Waals surface area (Å²) in [5, 5.41) is 16.1. The number of carbonyl (C=O) groups is 2. The molecule has 0 aliphatic rings. The van der Waals surface area contributed by atoms with Gasteiger partial charge in [0.2, 0.25) is 0 Å². The smallest absolute Gasteiger partial charge is 0.331 e. The van der Waals surface area contributed by atoms with E-state index in [4.69, 9.17) is 10.2 Å². The van der Waals surface area contributed by atoms with E-state index < -0.39 is 11.9 Å². The number of aliphatic carboxylic acids is 2. The minimum Gasteiger partial charge on any atom is -0.478 e. The number of rotatable bonds is 2. The number of hydrogen-bond acceptors (Lipinski definition) is 2. The summed E-state index contributed by atoms with van der Waals surface area (Å²) in [6.07, 6.45) is 0.641. The molecule has 0 heterocycles. The maximum Gasteiger partial charge on any atom is 0.331 e. The maximum atomic E-state index is 9.90. The van der Waals surface area contributed by atoms with Crippen LogP contribution in [0.5, 0.6) is 0 Å². The summed E-state index contributed by atoms with van der Waals surface area (Å²) >= 11 is 0. The third kappa shape index (κ3) is 5.58. The topological polar surface area (TPSA) is 74.6 Å². The molecule has 0 saturated carbocycles. The largest absolute Gasteiger partial charge is 0.478 e. The van der Waals surface area contributed by atoms with E-state index in [1.807, 2.05) is 0 Å². The van der Waals surface area contributed by atoms with Gasteiger partial charge in [0.1, 0.15) is 0 Å². The van der Waals surface area contributed by atoms with Crippen molar-refractivity contribution in [3.8, 4) is 0 Å². The zero-order valence-corrected chi connectivity index (χ0v) is 4.79. The van der Waals surface area contributed by atoms with E-state index in [1.54, 1.807) is 0 Å². The second kappa shape index (κ2) is 5.25. The Balaban J connectivity index is 0. The van der Waals surface area contributed by atoms with Gasteiger partial charge in [0, 0.05) is 11.6 Å². The Bertz CT molecular complexity index is 172. The summed E-state index contributed by atoms with van der Waals surface area (Å²) in [5.41, 5.74) is -0.178. The molecule has 0 saturated heterocycles. The maximum absolute atomic E-state index is 9.90. The molecular formula is C5H8MgO4. The van der Waals surface area contributed by atoms with Crippen LogP contribution in [0, 0.1) is 0 Å². The predicted octanol–water partition coefficient (Wildman–Crippen LogP) is -0.814.